The molecule has 5 heteroatoms. The molecule has 0 spiro atoms. The Morgan fingerprint density at radius 3 is 2.75 bits per heavy atom. The van der Waals surface area contributed by atoms with E-state index in [9.17, 15) is 8.78 Å². The van der Waals surface area contributed by atoms with Crippen molar-refractivity contribution in [2.45, 2.75) is 6.43 Å². The van der Waals surface area contributed by atoms with E-state index in [-0.39, 0.29) is 16.5 Å². The Hall–Kier alpha value is -0.900. The molecule has 0 fully saturated rings. The number of alkyl halides is 2. The number of halogens is 3. The van der Waals surface area contributed by atoms with Gasteiger partial charge in [-0.1, -0.05) is 11.6 Å². The van der Waals surface area contributed by atoms with Crippen LogP contribution in [0.15, 0.2) is 12.3 Å². The average Bonchev–Trinajstić information content (AvgIpc) is 2.03. The molecule has 1 rings (SSSR count). The van der Waals surface area contributed by atoms with Crippen molar-refractivity contribution in [3.8, 4) is 5.75 Å². The second-order valence-electron chi connectivity index (χ2n) is 2.04. The molecule has 0 aliphatic rings. The van der Waals surface area contributed by atoms with Gasteiger partial charge in [0.1, 0.15) is 11.4 Å². The Bertz CT molecular complexity index is 280. The van der Waals surface area contributed by atoms with Crippen LogP contribution in [0.5, 0.6) is 5.75 Å². The smallest absolute Gasteiger partial charge is 0.284 e. The normalized spacial score (nSPS) is 10.4. The highest BCUT2D eigenvalue weighted by Gasteiger charge is 2.15. The lowest BCUT2D eigenvalue weighted by Gasteiger charge is -2.05. The first kappa shape index (κ1) is 9.19. The Morgan fingerprint density at radius 2 is 2.25 bits per heavy atom. The number of nitrogens with zero attached hydrogens (tertiary/aromatic N) is 1. The minimum absolute atomic E-state index is 0.0116. The minimum atomic E-state index is -2.64. The number of rotatable bonds is 2. The highest BCUT2D eigenvalue weighted by atomic mass is 35.5. The first-order valence-electron chi connectivity index (χ1n) is 3.12. The third-order valence-electron chi connectivity index (χ3n) is 1.28. The van der Waals surface area contributed by atoms with Gasteiger partial charge in [0.2, 0.25) is 0 Å². The van der Waals surface area contributed by atoms with Gasteiger partial charge >= 0.3 is 0 Å². The molecule has 0 radical (unpaired) electrons. The maximum atomic E-state index is 12.2. The van der Waals surface area contributed by atoms with E-state index < -0.39 is 6.43 Å². The molecule has 0 bridgehead atoms. The lowest BCUT2D eigenvalue weighted by atomic mass is 10.3. The van der Waals surface area contributed by atoms with Gasteiger partial charge < -0.3 is 4.74 Å². The lowest BCUT2D eigenvalue weighted by Crippen LogP contribution is -1.95. The summed E-state index contributed by atoms with van der Waals surface area (Å²) in [6, 6.07) is 1.30. The van der Waals surface area contributed by atoms with Gasteiger partial charge in [-0.25, -0.2) is 13.8 Å². The van der Waals surface area contributed by atoms with Crippen LogP contribution in [0.2, 0.25) is 5.02 Å². The van der Waals surface area contributed by atoms with Crippen LogP contribution in [0.1, 0.15) is 12.1 Å². The van der Waals surface area contributed by atoms with Crippen molar-refractivity contribution < 1.29 is 13.5 Å². The highest BCUT2D eigenvalue weighted by molar-refractivity contribution is 6.30. The maximum Gasteiger partial charge on any atom is 0.284 e. The molecule has 66 valence electrons. The molecule has 0 N–H and O–H groups in total. The Morgan fingerprint density at radius 1 is 1.58 bits per heavy atom. The number of pyridine rings is 1. The van der Waals surface area contributed by atoms with Gasteiger partial charge in [-0.3, -0.25) is 0 Å². The fraction of sp³-hybridized carbons (Fsp3) is 0.286. The van der Waals surface area contributed by atoms with Crippen LogP contribution in [-0.2, 0) is 0 Å². The summed E-state index contributed by atoms with van der Waals surface area (Å²) in [6.45, 7) is 0. The van der Waals surface area contributed by atoms with Crippen molar-refractivity contribution in [3.05, 3.63) is 23.0 Å². The molecule has 2 nitrogen and oxygen atoms in total. The van der Waals surface area contributed by atoms with E-state index in [2.05, 4.69) is 9.72 Å². The molecule has 1 aromatic heterocycles. The Balaban J connectivity index is 3.11. The van der Waals surface area contributed by atoms with E-state index in [1.165, 1.54) is 13.2 Å². The van der Waals surface area contributed by atoms with Crippen LogP contribution < -0.4 is 4.74 Å². The van der Waals surface area contributed by atoms with Crippen molar-refractivity contribution in [3.63, 3.8) is 0 Å². The third kappa shape index (κ3) is 1.82. The Labute approximate surface area is 73.1 Å². The molecule has 0 aliphatic heterocycles. The zero-order valence-corrected chi connectivity index (χ0v) is 6.98. The number of aromatic nitrogens is 1. The fourth-order valence-corrected chi connectivity index (χ4v) is 0.907. The van der Waals surface area contributed by atoms with Crippen LogP contribution in [0, 0.1) is 0 Å². The molecule has 0 aromatic carbocycles. The van der Waals surface area contributed by atoms with E-state index in [1.54, 1.807) is 0 Å². The van der Waals surface area contributed by atoms with Crippen LogP contribution in [0.3, 0.4) is 0 Å². The average molecular weight is 194 g/mol. The quantitative estimate of drug-likeness (QED) is 0.721. The summed E-state index contributed by atoms with van der Waals surface area (Å²) in [5.74, 6) is 0.0116. The van der Waals surface area contributed by atoms with Crippen molar-refractivity contribution >= 4 is 11.6 Å². The van der Waals surface area contributed by atoms with Crippen LogP contribution >= 0.6 is 11.6 Å². The van der Waals surface area contributed by atoms with E-state index >= 15 is 0 Å². The van der Waals surface area contributed by atoms with Crippen molar-refractivity contribution in [2.24, 2.45) is 0 Å². The Kier molecular flexibility index (Phi) is 2.81. The van der Waals surface area contributed by atoms with E-state index in [1.807, 2.05) is 0 Å². The summed E-state index contributed by atoms with van der Waals surface area (Å²) in [6.07, 6.45) is -1.48. The molecular weight excluding hydrogens is 188 g/mol. The van der Waals surface area contributed by atoms with Gasteiger partial charge in [0.05, 0.1) is 12.1 Å². The van der Waals surface area contributed by atoms with Gasteiger partial charge in [0.15, 0.2) is 0 Å². The molecule has 12 heavy (non-hydrogen) atoms. The van der Waals surface area contributed by atoms with Crippen molar-refractivity contribution in [1.29, 1.82) is 0 Å². The summed E-state index contributed by atoms with van der Waals surface area (Å²) in [5, 5.41) is 0.274. The van der Waals surface area contributed by atoms with Gasteiger partial charge in [0, 0.05) is 12.3 Å². The second-order valence-corrected chi connectivity index (χ2v) is 2.48. The molecule has 1 aromatic rings. The zero-order valence-electron chi connectivity index (χ0n) is 6.22. The maximum absolute atomic E-state index is 12.2. The van der Waals surface area contributed by atoms with Crippen LogP contribution in [0.25, 0.3) is 0 Å². The topological polar surface area (TPSA) is 22.1 Å². The molecule has 1 heterocycles. The monoisotopic (exact) mass is 193 g/mol. The van der Waals surface area contributed by atoms with Crippen LogP contribution in [0.4, 0.5) is 8.78 Å². The molecule has 0 amide bonds. The summed E-state index contributed by atoms with van der Waals surface area (Å²) in [7, 11) is 1.29. The van der Waals surface area contributed by atoms with Gasteiger partial charge in [-0.15, -0.1) is 0 Å². The van der Waals surface area contributed by atoms with Crippen LogP contribution in [-0.4, -0.2) is 12.1 Å². The van der Waals surface area contributed by atoms with Gasteiger partial charge in [-0.05, 0) is 0 Å². The highest BCUT2D eigenvalue weighted by Crippen LogP contribution is 2.28. The minimum Gasteiger partial charge on any atom is -0.495 e. The molecule has 0 aliphatic carbocycles. The molecule has 0 saturated heterocycles. The van der Waals surface area contributed by atoms with E-state index in [0.29, 0.717) is 0 Å². The number of methoxy groups -OCH3 is 1. The molecule has 0 atom stereocenters. The number of hydrogen-bond donors (Lipinski definition) is 0. The fourth-order valence-electron chi connectivity index (χ4n) is 0.759. The second kappa shape index (κ2) is 3.67. The van der Waals surface area contributed by atoms with Gasteiger partial charge in [0.25, 0.3) is 6.43 Å². The number of ether oxygens (including phenoxy) is 1. The summed E-state index contributed by atoms with van der Waals surface area (Å²) >= 11 is 5.51. The lowest BCUT2D eigenvalue weighted by molar-refractivity contribution is 0.141. The summed E-state index contributed by atoms with van der Waals surface area (Å²) < 4.78 is 29.0. The largest absolute Gasteiger partial charge is 0.495 e. The van der Waals surface area contributed by atoms with Gasteiger partial charge in [-0.2, -0.15) is 0 Å². The first-order valence-corrected chi connectivity index (χ1v) is 3.50. The SMILES string of the molecule is COc1cc(Cl)cnc1C(F)F. The molecular formula is C7H6ClF2NO. The van der Waals surface area contributed by atoms with E-state index in [0.717, 1.165) is 6.20 Å². The molecule has 0 saturated carbocycles. The summed E-state index contributed by atoms with van der Waals surface area (Å²) in [4.78, 5) is 3.44. The predicted octanol–water partition coefficient (Wildman–Crippen LogP) is 2.68. The number of hydrogen-bond acceptors (Lipinski definition) is 2. The third-order valence-corrected chi connectivity index (χ3v) is 1.48. The zero-order chi connectivity index (χ0) is 9.14. The first-order chi connectivity index (χ1) is 5.65. The van der Waals surface area contributed by atoms with Crippen molar-refractivity contribution in [1.82, 2.24) is 4.98 Å². The molecule has 0 unspecified atom stereocenters. The summed E-state index contributed by atoms with van der Waals surface area (Å²) in [5.41, 5.74) is -0.387. The standard InChI is InChI=1S/C7H6ClF2NO/c1-12-5-2-4(8)3-11-6(5)7(9)10/h2-3,7H,1H3. The van der Waals surface area contributed by atoms with Crippen molar-refractivity contribution in [2.75, 3.05) is 7.11 Å². The predicted molar refractivity (Wildman–Crippen MR) is 40.8 cm³/mol. The van der Waals surface area contributed by atoms with E-state index in [4.69, 9.17) is 11.6 Å².